The van der Waals surface area contributed by atoms with Crippen molar-refractivity contribution in [2.75, 3.05) is 0 Å². The van der Waals surface area contributed by atoms with E-state index in [1.54, 1.807) is 12.4 Å². The standard InChI is InChI=1S/C10H8N2.2ClH.Cu/c1-3-7-11-9(5-1)10-6-2-4-8-12-10;;;/h1-8H;2*1H;/q;;;+2/p-2. The molecular formula is C10H8Cl2CuN2. The van der Waals surface area contributed by atoms with Crippen molar-refractivity contribution in [3.8, 4) is 11.4 Å². The molecule has 0 fully saturated rings. The van der Waals surface area contributed by atoms with Crippen LogP contribution in [0.15, 0.2) is 48.8 Å². The molecule has 0 saturated heterocycles. The first-order valence-corrected chi connectivity index (χ1v) is 6.61. The third kappa shape index (κ3) is 4.63. The molecule has 0 N–H and O–H groups in total. The van der Waals surface area contributed by atoms with Crippen LogP contribution in [0.5, 0.6) is 0 Å². The number of hydrogen-bond donors (Lipinski definition) is 0. The van der Waals surface area contributed by atoms with Crippen molar-refractivity contribution >= 4 is 20.2 Å². The smallest absolute Gasteiger partial charge is 0.0886 e. The molecule has 83 valence electrons. The maximum absolute atomic E-state index is 4.67. The second-order valence-electron chi connectivity index (χ2n) is 2.47. The number of aromatic nitrogens is 2. The summed E-state index contributed by atoms with van der Waals surface area (Å²) < 4.78 is 0. The van der Waals surface area contributed by atoms with Crippen LogP contribution < -0.4 is 0 Å². The molecule has 0 aromatic carbocycles. The Kier molecular flexibility index (Phi) is 6.37. The Morgan fingerprint density at radius 2 is 1.20 bits per heavy atom. The van der Waals surface area contributed by atoms with E-state index in [-0.39, 0.29) is 0 Å². The molecule has 0 atom stereocenters. The Balaban J connectivity index is 0.000000337. The molecule has 2 heterocycles. The maximum Gasteiger partial charge on any atom is 0.0886 e. The third-order valence-electron chi connectivity index (χ3n) is 1.59. The summed E-state index contributed by atoms with van der Waals surface area (Å²) >= 11 is 0.757. The Morgan fingerprint density at radius 3 is 1.47 bits per heavy atom. The fourth-order valence-corrected chi connectivity index (χ4v) is 1.03. The predicted molar refractivity (Wildman–Crippen MR) is 59.2 cm³/mol. The van der Waals surface area contributed by atoms with Crippen LogP contribution in [-0.4, -0.2) is 9.97 Å². The molecule has 0 saturated carbocycles. The Morgan fingerprint density at radius 1 is 0.800 bits per heavy atom. The molecule has 0 radical (unpaired) electrons. The molecule has 2 rings (SSSR count). The summed E-state index contributed by atoms with van der Waals surface area (Å²) in [5.74, 6) is 0. The molecule has 0 bridgehead atoms. The van der Waals surface area contributed by atoms with E-state index in [1.807, 2.05) is 36.4 Å². The van der Waals surface area contributed by atoms with Crippen molar-refractivity contribution in [3.63, 3.8) is 0 Å². The van der Waals surface area contributed by atoms with Gasteiger partial charge in [0, 0.05) is 12.4 Å². The zero-order chi connectivity index (χ0) is 10.9. The topological polar surface area (TPSA) is 25.8 Å². The number of rotatable bonds is 1. The van der Waals surface area contributed by atoms with Crippen LogP contribution in [0.25, 0.3) is 11.4 Å². The first kappa shape index (κ1) is 12.5. The van der Waals surface area contributed by atoms with Gasteiger partial charge in [-0.3, -0.25) is 9.97 Å². The van der Waals surface area contributed by atoms with E-state index in [0.29, 0.717) is 0 Å². The molecule has 0 amide bonds. The SMILES string of the molecule is [Cl][Cu][Cl].c1ccc(-c2ccccn2)nc1. The van der Waals surface area contributed by atoms with Gasteiger partial charge in [0.1, 0.15) is 0 Å². The Labute approximate surface area is 103 Å². The van der Waals surface area contributed by atoms with Crippen LogP contribution in [0.3, 0.4) is 0 Å². The maximum atomic E-state index is 4.67. The van der Waals surface area contributed by atoms with Crippen molar-refractivity contribution in [3.05, 3.63) is 48.8 Å². The predicted octanol–water partition coefficient (Wildman–Crippen LogP) is 3.52. The van der Waals surface area contributed by atoms with Crippen LogP contribution in [0.2, 0.25) is 0 Å². The summed E-state index contributed by atoms with van der Waals surface area (Å²) in [4.78, 5) is 8.37. The number of hydrogen-bond acceptors (Lipinski definition) is 2. The van der Waals surface area contributed by atoms with Crippen molar-refractivity contribution in [1.82, 2.24) is 9.97 Å². The van der Waals surface area contributed by atoms with Gasteiger partial charge in [-0.05, 0) is 24.3 Å². The molecular weight excluding hydrogens is 283 g/mol. The van der Waals surface area contributed by atoms with E-state index in [1.165, 1.54) is 0 Å². The van der Waals surface area contributed by atoms with Gasteiger partial charge in [0.05, 0.1) is 11.4 Å². The number of halogens is 2. The molecule has 0 aliphatic carbocycles. The number of pyridine rings is 2. The molecule has 0 aliphatic heterocycles. The van der Waals surface area contributed by atoms with Crippen molar-refractivity contribution in [2.45, 2.75) is 0 Å². The van der Waals surface area contributed by atoms with Crippen LogP contribution in [0, 0.1) is 0 Å². The minimum Gasteiger partial charge on any atom is -0.255 e. The van der Waals surface area contributed by atoms with Gasteiger partial charge < -0.3 is 0 Å². The third-order valence-corrected chi connectivity index (χ3v) is 1.59. The Hall–Kier alpha value is -0.601. The molecule has 5 heteroatoms. The van der Waals surface area contributed by atoms with E-state index >= 15 is 0 Å². The summed E-state index contributed by atoms with van der Waals surface area (Å²) in [7, 11) is 9.34. The second kappa shape index (κ2) is 7.66. The van der Waals surface area contributed by atoms with Gasteiger partial charge in [-0.15, -0.1) is 0 Å². The fraction of sp³-hybridized carbons (Fsp3) is 0. The van der Waals surface area contributed by atoms with Gasteiger partial charge in [0.2, 0.25) is 0 Å². The van der Waals surface area contributed by atoms with Gasteiger partial charge in [-0.2, -0.15) is 0 Å². The van der Waals surface area contributed by atoms with Crippen molar-refractivity contribution in [2.24, 2.45) is 0 Å². The average molecular weight is 291 g/mol. The van der Waals surface area contributed by atoms with E-state index in [9.17, 15) is 0 Å². The summed E-state index contributed by atoms with van der Waals surface area (Å²) in [5.41, 5.74) is 1.83. The molecule has 2 aromatic heterocycles. The first-order chi connectivity index (χ1) is 7.38. The van der Waals surface area contributed by atoms with Gasteiger partial charge in [0.25, 0.3) is 0 Å². The fourth-order valence-electron chi connectivity index (χ4n) is 1.03. The molecule has 15 heavy (non-hydrogen) atoms. The zero-order valence-corrected chi connectivity index (χ0v) is 10.0. The van der Waals surface area contributed by atoms with E-state index in [4.69, 9.17) is 0 Å². The van der Waals surface area contributed by atoms with Crippen LogP contribution in [0.4, 0.5) is 0 Å². The van der Waals surface area contributed by atoms with Crippen molar-refractivity contribution < 1.29 is 13.1 Å². The summed E-state index contributed by atoms with van der Waals surface area (Å²) in [6, 6.07) is 11.6. The van der Waals surface area contributed by atoms with Crippen LogP contribution >= 0.6 is 20.2 Å². The molecule has 0 aliphatic rings. The quantitative estimate of drug-likeness (QED) is 0.751. The minimum absolute atomic E-state index is 0.757. The van der Waals surface area contributed by atoms with E-state index in [2.05, 4.69) is 30.2 Å². The van der Waals surface area contributed by atoms with E-state index < -0.39 is 0 Å². The molecule has 0 spiro atoms. The molecule has 0 unspecified atom stereocenters. The molecule has 2 aromatic rings. The summed E-state index contributed by atoms with van der Waals surface area (Å²) in [5, 5.41) is 0. The van der Waals surface area contributed by atoms with Gasteiger partial charge >= 0.3 is 33.3 Å². The van der Waals surface area contributed by atoms with Crippen LogP contribution in [0.1, 0.15) is 0 Å². The van der Waals surface area contributed by atoms with Crippen molar-refractivity contribution in [1.29, 1.82) is 0 Å². The van der Waals surface area contributed by atoms with Crippen LogP contribution in [-0.2, 0) is 13.1 Å². The average Bonchev–Trinajstić information content (AvgIpc) is 2.32. The van der Waals surface area contributed by atoms with E-state index in [0.717, 1.165) is 24.5 Å². The largest absolute Gasteiger partial charge is 0.255 e. The monoisotopic (exact) mass is 289 g/mol. The normalized spacial score (nSPS) is 9.20. The summed E-state index contributed by atoms with van der Waals surface area (Å²) in [6.07, 6.45) is 3.54. The van der Waals surface area contributed by atoms with Gasteiger partial charge in [-0.1, -0.05) is 12.1 Å². The van der Waals surface area contributed by atoms with Gasteiger partial charge in [0.15, 0.2) is 0 Å². The zero-order valence-electron chi connectivity index (χ0n) is 7.57. The summed E-state index contributed by atoms with van der Waals surface area (Å²) in [6.45, 7) is 0. The first-order valence-electron chi connectivity index (χ1n) is 4.02. The molecule has 2 nitrogen and oxygen atoms in total. The van der Waals surface area contributed by atoms with Gasteiger partial charge in [-0.25, -0.2) is 0 Å². The Bertz CT molecular complexity index is 332. The minimum atomic E-state index is 0.757. The second-order valence-corrected chi connectivity index (χ2v) is 4.03. The number of nitrogens with zero attached hydrogens (tertiary/aromatic N) is 2.